The van der Waals surface area contributed by atoms with Crippen LogP contribution in [0.15, 0.2) is 36.5 Å². The number of carbonyl (C=O) groups is 1. The van der Waals surface area contributed by atoms with Crippen molar-refractivity contribution in [1.82, 2.24) is 15.3 Å². The van der Waals surface area contributed by atoms with Gasteiger partial charge in [0.05, 0.1) is 5.92 Å². The molecule has 1 aliphatic heterocycles. The zero-order valence-corrected chi connectivity index (χ0v) is 14.3. The Bertz CT molecular complexity index is 699. The van der Waals surface area contributed by atoms with Crippen LogP contribution in [0, 0.1) is 19.8 Å². The molecule has 1 unspecified atom stereocenters. The lowest BCUT2D eigenvalue weighted by Crippen LogP contribution is -2.43. The fourth-order valence-electron chi connectivity index (χ4n) is 3.00. The molecular formula is C19H24N4O. The Kier molecular flexibility index (Phi) is 5.08. The third kappa shape index (κ3) is 4.10. The number of amides is 1. The van der Waals surface area contributed by atoms with Crippen LogP contribution in [0.1, 0.15) is 29.7 Å². The molecule has 1 aromatic carbocycles. The molecule has 1 N–H and O–H groups in total. The molecular weight excluding hydrogens is 300 g/mol. The van der Waals surface area contributed by atoms with E-state index in [0.29, 0.717) is 13.1 Å². The maximum atomic E-state index is 12.5. The van der Waals surface area contributed by atoms with Gasteiger partial charge in [0.25, 0.3) is 0 Å². The number of nitrogens with zero attached hydrogens (tertiary/aromatic N) is 3. The zero-order chi connectivity index (χ0) is 16.9. The van der Waals surface area contributed by atoms with Crippen molar-refractivity contribution >= 4 is 11.9 Å². The standard InChI is InChI=1S/C19H24N4O/c1-14-5-7-16(8-6-14)12-21-18(24)17-4-3-11-23(13-17)19-20-10-9-15(2)22-19/h5-10,17H,3-4,11-13H2,1-2H3,(H,21,24). The van der Waals surface area contributed by atoms with Crippen LogP contribution < -0.4 is 10.2 Å². The molecule has 126 valence electrons. The highest BCUT2D eigenvalue weighted by Crippen LogP contribution is 2.20. The monoisotopic (exact) mass is 324 g/mol. The number of carbonyl (C=O) groups excluding carboxylic acids is 1. The number of nitrogens with one attached hydrogen (secondary N) is 1. The maximum Gasteiger partial charge on any atom is 0.225 e. The molecule has 1 aromatic heterocycles. The maximum absolute atomic E-state index is 12.5. The van der Waals surface area contributed by atoms with E-state index in [9.17, 15) is 4.79 Å². The summed E-state index contributed by atoms with van der Waals surface area (Å²) in [6.07, 6.45) is 3.68. The second-order valence-electron chi connectivity index (χ2n) is 6.49. The summed E-state index contributed by atoms with van der Waals surface area (Å²) >= 11 is 0. The Morgan fingerprint density at radius 2 is 2.04 bits per heavy atom. The van der Waals surface area contributed by atoms with Gasteiger partial charge in [0.1, 0.15) is 0 Å². The van der Waals surface area contributed by atoms with Crippen LogP contribution in [-0.2, 0) is 11.3 Å². The highest BCUT2D eigenvalue weighted by atomic mass is 16.1. The first kappa shape index (κ1) is 16.4. The largest absolute Gasteiger partial charge is 0.352 e. The number of aromatic nitrogens is 2. The number of hydrogen-bond donors (Lipinski definition) is 1. The smallest absolute Gasteiger partial charge is 0.225 e. The van der Waals surface area contributed by atoms with E-state index in [1.54, 1.807) is 6.20 Å². The van der Waals surface area contributed by atoms with Crippen molar-refractivity contribution in [2.24, 2.45) is 5.92 Å². The van der Waals surface area contributed by atoms with Crippen LogP contribution in [0.25, 0.3) is 0 Å². The fraction of sp³-hybridized carbons (Fsp3) is 0.421. The second kappa shape index (κ2) is 7.43. The van der Waals surface area contributed by atoms with Gasteiger partial charge >= 0.3 is 0 Å². The first-order valence-corrected chi connectivity index (χ1v) is 8.49. The van der Waals surface area contributed by atoms with Crippen LogP contribution in [0.5, 0.6) is 0 Å². The van der Waals surface area contributed by atoms with Gasteiger partial charge in [-0.15, -0.1) is 0 Å². The van der Waals surface area contributed by atoms with Crippen LogP contribution in [0.3, 0.4) is 0 Å². The first-order valence-electron chi connectivity index (χ1n) is 8.49. The summed E-state index contributed by atoms with van der Waals surface area (Å²) in [5.74, 6) is 0.840. The zero-order valence-electron chi connectivity index (χ0n) is 14.3. The molecule has 0 bridgehead atoms. The van der Waals surface area contributed by atoms with Gasteiger partial charge in [0.2, 0.25) is 11.9 Å². The third-order valence-corrected chi connectivity index (χ3v) is 4.44. The van der Waals surface area contributed by atoms with Gasteiger partial charge in [-0.2, -0.15) is 0 Å². The molecule has 0 radical (unpaired) electrons. The molecule has 0 saturated carbocycles. The third-order valence-electron chi connectivity index (χ3n) is 4.44. The lowest BCUT2D eigenvalue weighted by atomic mass is 9.97. The van der Waals surface area contributed by atoms with Crippen molar-refractivity contribution in [3.63, 3.8) is 0 Å². The average molecular weight is 324 g/mol. The second-order valence-corrected chi connectivity index (χ2v) is 6.49. The first-order chi connectivity index (χ1) is 11.6. The minimum absolute atomic E-state index is 0.00619. The minimum atomic E-state index is -0.00619. The van der Waals surface area contributed by atoms with Gasteiger partial charge in [-0.25, -0.2) is 9.97 Å². The molecule has 1 amide bonds. The van der Waals surface area contributed by atoms with Gasteiger partial charge in [0, 0.05) is 31.5 Å². The molecule has 3 rings (SSSR count). The molecule has 1 saturated heterocycles. The Morgan fingerprint density at radius 3 is 2.79 bits per heavy atom. The van der Waals surface area contributed by atoms with Gasteiger partial charge < -0.3 is 10.2 Å². The van der Waals surface area contributed by atoms with Crippen molar-refractivity contribution in [1.29, 1.82) is 0 Å². The quantitative estimate of drug-likeness (QED) is 0.939. The lowest BCUT2D eigenvalue weighted by molar-refractivity contribution is -0.125. The van der Waals surface area contributed by atoms with Crippen LogP contribution in [0.4, 0.5) is 5.95 Å². The van der Waals surface area contributed by atoms with E-state index in [4.69, 9.17) is 0 Å². The molecule has 24 heavy (non-hydrogen) atoms. The summed E-state index contributed by atoms with van der Waals surface area (Å²) in [6, 6.07) is 10.1. The van der Waals surface area contributed by atoms with E-state index >= 15 is 0 Å². The number of benzene rings is 1. The Morgan fingerprint density at radius 1 is 1.25 bits per heavy atom. The van der Waals surface area contributed by atoms with Crippen molar-refractivity contribution in [3.05, 3.63) is 53.3 Å². The fourth-order valence-corrected chi connectivity index (χ4v) is 3.00. The van der Waals surface area contributed by atoms with Crippen LogP contribution in [-0.4, -0.2) is 29.0 Å². The summed E-state index contributed by atoms with van der Waals surface area (Å²) in [4.78, 5) is 23.4. The minimum Gasteiger partial charge on any atom is -0.352 e. The molecule has 2 heterocycles. The van der Waals surface area contributed by atoms with Crippen molar-refractivity contribution in [2.45, 2.75) is 33.2 Å². The van der Waals surface area contributed by atoms with Crippen molar-refractivity contribution in [3.8, 4) is 0 Å². The molecule has 2 aromatic rings. The molecule has 1 atom stereocenters. The van der Waals surface area contributed by atoms with Crippen LogP contribution >= 0.6 is 0 Å². The molecule has 5 nitrogen and oxygen atoms in total. The Balaban J connectivity index is 1.57. The lowest BCUT2D eigenvalue weighted by Gasteiger charge is -2.32. The van der Waals surface area contributed by atoms with Gasteiger partial charge in [-0.3, -0.25) is 4.79 Å². The van der Waals surface area contributed by atoms with E-state index in [2.05, 4.69) is 51.4 Å². The van der Waals surface area contributed by atoms with Gasteiger partial charge in [-0.1, -0.05) is 29.8 Å². The van der Waals surface area contributed by atoms with E-state index in [0.717, 1.165) is 36.6 Å². The van der Waals surface area contributed by atoms with E-state index in [1.807, 2.05) is 13.0 Å². The normalized spacial score (nSPS) is 17.6. The molecule has 5 heteroatoms. The number of hydrogen-bond acceptors (Lipinski definition) is 4. The van der Waals surface area contributed by atoms with Crippen molar-refractivity contribution in [2.75, 3.05) is 18.0 Å². The van der Waals surface area contributed by atoms with E-state index in [1.165, 1.54) is 5.56 Å². The number of piperidine rings is 1. The summed E-state index contributed by atoms with van der Waals surface area (Å²) in [5.41, 5.74) is 3.31. The topological polar surface area (TPSA) is 58.1 Å². The summed E-state index contributed by atoms with van der Waals surface area (Å²) < 4.78 is 0. The average Bonchev–Trinajstić information content (AvgIpc) is 2.61. The molecule has 0 aliphatic carbocycles. The van der Waals surface area contributed by atoms with E-state index in [-0.39, 0.29) is 11.8 Å². The highest BCUT2D eigenvalue weighted by Gasteiger charge is 2.26. The summed E-state index contributed by atoms with van der Waals surface area (Å²) in [6.45, 7) is 6.19. The van der Waals surface area contributed by atoms with E-state index < -0.39 is 0 Å². The predicted octanol–water partition coefficient (Wildman–Crippen LogP) is 2.63. The molecule has 1 aliphatic rings. The SMILES string of the molecule is Cc1ccc(CNC(=O)C2CCCN(c3nccc(C)n3)C2)cc1. The summed E-state index contributed by atoms with van der Waals surface area (Å²) in [5, 5.41) is 3.07. The summed E-state index contributed by atoms with van der Waals surface area (Å²) in [7, 11) is 0. The van der Waals surface area contributed by atoms with Crippen molar-refractivity contribution < 1.29 is 4.79 Å². The van der Waals surface area contributed by atoms with Gasteiger partial charge in [0.15, 0.2) is 0 Å². The van der Waals surface area contributed by atoms with Gasteiger partial charge in [-0.05, 0) is 38.3 Å². The molecule has 0 spiro atoms. The number of rotatable bonds is 4. The highest BCUT2D eigenvalue weighted by molar-refractivity contribution is 5.79. The predicted molar refractivity (Wildman–Crippen MR) is 94.7 cm³/mol. The Hall–Kier alpha value is -2.43. The molecule has 1 fully saturated rings. The number of anilines is 1. The number of aryl methyl sites for hydroxylation is 2. The van der Waals surface area contributed by atoms with Crippen LogP contribution in [0.2, 0.25) is 0 Å². The Labute approximate surface area is 143 Å².